The van der Waals surface area contributed by atoms with Crippen molar-refractivity contribution < 1.29 is 28.2 Å². The van der Waals surface area contributed by atoms with E-state index in [0.29, 0.717) is 6.61 Å². The van der Waals surface area contributed by atoms with Gasteiger partial charge in [-0.15, -0.1) is 0 Å². The Morgan fingerprint density at radius 1 is 1.27 bits per heavy atom. The van der Waals surface area contributed by atoms with Crippen LogP contribution in [0.1, 0.15) is 41.5 Å². The third kappa shape index (κ3) is 3.42. The van der Waals surface area contributed by atoms with Crippen molar-refractivity contribution in [3.05, 3.63) is 0 Å². The third-order valence-corrected chi connectivity index (χ3v) is 6.03. The van der Waals surface area contributed by atoms with Gasteiger partial charge in [0.2, 0.25) is 0 Å². The van der Waals surface area contributed by atoms with Crippen molar-refractivity contribution in [2.75, 3.05) is 13.2 Å². The van der Waals surface area contributed by atoms with Crippen molar-refractivity contribution in [2.24, 2.45) is 5.92 Å². The Bertz CT molecular complexity index is 438. The van der Waals surface area contributed by atoms with Gasteiger partial charge in [0, 0.05) is 5.66 Å². The summed E-state index contributed by atoms with van der Waals surface area (Å²) in [6.45, 7) is 11.7. The first-order valence-electron chi connectivity index (χ1n) is 7.99. The van der Waals surface area contributed by atoms with E-state index in [-0.39, 0.29) is 30.8 Å². The quantitative estimate of drug-likeness (QED) is 0.662. The largest absolute Gasteiger partial charge is 0.778 e. The van der Waals surface area contributed by atoms with E-state index >= 15 is 0 Å². The molecular weight excluding hydrogens is 307 g/mol. The molecule has 130 valence electrons. The zero-order valence-electron chi connectivity index (χ0n) is 14.3. The van der Waals surface area contributed by atoms with Crippen LogP contribution in [-0.4, -0.2) is 48.9 Å². The first-order valence-corrected chi connectivity index (χ1v) is 9.60. The SMILES string of the molecule is CC(C)OC[C@@]12COC([C@H](C(C)C)O1)[C@H]2OP(=O)([O-])C(C)C. The van der Waals surface area contributed by atoms with E-state index in [1.54, 1.807) is 13.8 Å². The summed E-state index contributed by atoms with van der Waals surface area (Å²) in [6.07, 6.45) is -1.15. The van der Waals surface area contributed by atoms with Crippen molar-refractivity contribution in [2.45, 2.75) is 77.2 Å². The lowest BCUT2D eigenvalue weighted by Gasteiger charge is -2.35. The molecule has 0 amide bonds. The fourth-order valence-electron chi connectivity index (χ4n) is 2.83. The number of hydrogen-bond acceptors (Lipinski definition) is 6. The van der Waals surface area contributed by atoms with E-state index in [2.05, 4.69) is 0 Å². The molecule has 2 bridgehead atoms. The lowest BCUT2D eigenvalue weighted by molar-refractivity contribution is -0.212. The molecule has 2 heterocycles. The van der Waals surface area contributed by atoms with Gasteiger partial charge < -0.3 is 28.2 Å². The molecule has 0 aromatic heterocycles. The topological polar surface area (TPSA) is 77.0 Å². The molecule has 2 aliphatic heterocycles. The maximum absolute atomic E-state index is 12.2. The molecular formula is C15H28O6P-. The van der Waals surface area contributed by atoms with Crippen LogP contribution in [0, 0.1) is 5.92 Å². The molecule has 7 heteroatoms. The minimum absolute atomic E-state index is 0.0277. The maximum atomic E-state index is 12.2. The summed E-state index contributed by atoms with van der Waals surface area (Å²) in [5, 5.41) is 0. The van der Waals surface area contributed by atoms with Crippen LogP contribution >= 0.6 is 7.60 Å². The van der Waals surface area contributed by atoms with Gasteiger partial charge in [0.1, 0.15) is 25.4 Å². The molecule has 0 aromatic carbocycles. The molecule has 6 nitrogen and oxygen atoms in total. The van der Waals surface area contributed by atoms with Crippen LogP contribution in [0.15, 0.2) is 0 Å². The molecule has 0 aliphatic carbocycles. The lowest BCUT2D eigenvalue weighted by Crippen LogP contribution is -2.47. The predicted molar refractivity (Wildman–Crippen MR) is 80.9 cm³/mol. The molecule has 5 atom stereocenters. The second kappa shape index (κ2) is 6.50. The van der Waals surface area contributed by atoms with Gasteiger partial charge in [-0.2, -0.15) is 0 Å². The summed E-state index contributed by atoms with van der Waals surface area (Å²) in [5.74, 6) is 0.211. The molecule has 0 spiro atoms. The van der Waals surface area contributed by atoms with Crippen LogP contribution in [0.5, 0.6) is 0 Å². The van der Waals surface area contributed by atoms with Crippen molar-refractivity contribution in [1.82, 2.24) is 0 Å². The van der Waals surface area contributed by atoms with Crippen LogP contribution in [-0.2, 0) is 23.3 Å². The molecule has 0 radical (unpaired) electrons. The summed E-state index contributed by atoms with van der Waals surface area (Å²) < 4.78 is 35.4. The van der Waals surface area contributed by atoms with Crippen LogP contribution < -0.4 is 4.89 Å². The molecule has 22 heavy (non-hydrogen) atoms. The predicted octanol–water partition coefficient (Wildman–Crippen LogP) is 1.95. The summed E-state index contributed by atoms with van der Waals surface area (Å²) in [7, 11) is -3.96. The van der Waals surface area contributed by atoms with E-state index in [1.807, 2.05) is 27.7 Å². The molecule has 2 rings (SSSR count). The first-order chi connectivity index (χ1) is 10.1. The highest BCUT2D eigenvalue weighted by Gasteiger charge is 2.63. The number of ether oxygens (including phenoxy) is 3. The molecule has 0 N–H and O–H groups in total. The van der Waals surface area contributed by atoms with Crippen LogP contribution in [0.3, 0.4) is 0 Å². The second-order valence-corrected chi connectivity index (χ2v) is 9.51. The average molecular weight is 335 g/mol. The standard InChI is InChI=1S/C15H29O6P/c1-9(2)12-13-14(21-22(16,17)11(5)6)15(20-12,8-19-13)7-18-10(3)4/h9-14H,7-8H2,1-6H3,(H,16,17)/p-1/t12-,13?,14+,15-/m0/s1. The smallest absolute Gasteiger partial charge is 0.144 e. The van der Waals surface area contributed by atoms with Gasteiger partial charge in [0.15, 0.2) is 0 Å². The Balaban J connectivity index is 2.22. The average Bonchev–Trinajstić information content (AvgIpc) is 2.88. The molecule has 2 fully saturated rings. The van der Waals surface area contributed by atoms with E-state index in [9.17, 15) is 9.46 Å². The van der Waals surface area contributed by atoms with Gasteiger partial charge in [-0.1, -0.05) is 27.7 Å². The Hall–Kier alpha value is 0.0300. The maximum Gasteiger partial charge on any atom is 0.144 e. The Kier molecular flexibility index (Phi) is 5.43. The van der Waals surface area contributed by atoms with Crippen molar-refractivity contribution in [3.63, 3.8) is 0 Å². The van der Waals surface area contributed by atoms with E-state index in [0.717, 1.165) is 0 Å². The minimum Gasteiger partial charge on any atom is -0.778 e. The van der Waals surface area contributed by atoms with E-state index < -0.39 is 25.0 Å². The van der Waals surface area contributed by atoms with Gasteiger partial charge in [-0.25, -0.2) is 0 Å². The first kappa shape index (κ1) is 18.4. The summed E-state index contributed by atoms with van der Waals surface area (Å²) in [6, 6.07) is 0. The summed E-state index contributed by atoms with van der Waals surface area (Å²) >= 11 is 0. The Labute approximate surface area is 133 Å². The van der Waals surface area contributed by atoms with Crippen molar-refractivity contribution in [3.8, 4) is 0 Å². The summed E-state index contributed by atoms with van der Waals surface area (Å²) in [4.78, 5) is 12.2. The van der Waals surface area contributed by atoms with E-state index in [4.69, 9.17) is 18.7 Å². The molecule has 2 saturated heterocycles. The second-order valence-electron chi connectivity index (χ2n) is 7.19. The lowest BCUT2D eigenvalue weighted by atomic mass is 9.96. The normalized spacial score (nSPS) is 37.5. The monoisotopic (exact) mass is 335 g/mol. The molecule has 2 unspecified atom stereocenters. The molecule has 0 saturated carbocycles. The Morgan fingerprint density at radius 3 is 2.41 bits per heavy atom. The highest BCUT2D eigenvalue weighted by Crippen LogP contribution is 2.53. The van der Waals surface area contributed by atoms with Crippen LogP contribution in [0.25, 0.3) is 0 Å². The van der Waals surface area contributed by atoms with Gasteiger partial charge in [-0.05, 0) is 19.8 Å². The van der Waals surface area contributed by atoms with Gasteiger partial charge in [0.05, 0.1) is 25.4 Å². The van der Waals surface area contributed by atoms with Crippen molar-refractivity contribution in [1.29, 1.82) is 0 Å². The zero-order valence-corrected chi connectivity index (χ0v) is 15.2. The fourth-order valence-corrected chi connectivity index (χ4v) is 3.70. The number of hydrogen-bond donors (Lipinski definition) is 0. The van der Waals surface area contributed by atoms with Crippen LogP contribution in [0.2, 0.25) is 0 Å². The van der Waals surface area contributed by atoms with Crippen LogP contribution in [0.4, 0.5) is 0 Å². The number of fused-ring (bicyclic) bond motifs is 2. The fraction of sp³-hybridized carbons (Fsp3) is 1.00. The third-order valence-electron chi connectivity index (χ3n) is 4.24. The molecule has 2 aliphatic rings. The summed E-state index contributed by atoms with van der Waals surface area (Å²) in [5.41, 5.74) is -1.41. The minimum atomic E-state index is -3.96. The zero-order chi connectivity index (χ0) is 16.7. The van der Waals surface area contributed by atoms with Crippen molar-refractivity contribution >= 4 is 7.60 Å². The van der Waals surface area contributed by atoms with Gasteiger partial charge >= 0.3 is 0 Å². The number of rotatable bonds is 7. The molecule has 0 aromatic rings. The van der Waals surface area contributed by atoms with Gasteiger partial charge in [0.25, 0.3) is 0 Å². The highest BCUT2D eigenvalue weighted by molar-refractivity contribution is 7.52. The van der Waals surface area contributed by atoms with Gasteiger partial charge in [-0.3, -0.25) is 0 Å². The van der Waals surface area contributed by atoms with E-state index in [1.165, 1.54) is 0 Å². The Morgan fingerprint density at radius 2 is 1.91 bits per heavy atom. The highest BCUT2D eigenvalue weighted by atomic mass is 31.2.